The van der Waals surface area contributed by atoms with E-state index in [1.165, 1.54) is 5.56 Å². The van der Waals surface area contributed by atoms with Crippen molar-refractivity contribution in [3.63, 3.8) is 0 Å². The quantitative estimate of drug-likeness (QED) is 0.721. The molecule has 2 N–H and O–H groups in total. The predicted molar refractivity (Wildman–Crippen MR) is 110 cm³/mol. The van der Waals surface area contributed by atoms with Crippen molar-refractivity contribution in [3.8, 4) is 5.75 Å². The third-order valence-electron chi connectivity index (χ3n) is 4.45. The number of nitrogens with one attached hydrogen (secondary N) is 2. The molecule has 1 aliphatic rings. The molecule has 0 aliphatic carbocycles. The molecule has 2 aromatic heterocycles. The summed E-state index contributed by atoms with van der Waals surface area (Å²) in [4.78, 5) is 11.6. The molecule has 1 aliphatic heterocycles. The van der Waals surface area contributed by atoms with Gasteiger partial charge < -0.3 is 14.7 Å². The molecule has 4 rings (SSSR count). The third kappa shape index (κ3) is 3.58. The van der Waals surface area contributed by atoms with Crippen molar-refractivity contribution in [1.29, 1.82) is 0 Å². The molecule has 4 nitrogen and oxygen atoms in total. The SMILES string of the molecule is Cc1cc(C)c(/C=c2\[nH]/c(=C3/C=c4ccc(Cl)cc4=N3)cc2OC(C)C)[nH]1. The molecule has 3 aromatic rings. The molecule has 138 valence electrons. The van der Waals surface area contributed by atoms with Gasteiger partial charge in [0.05, 0.1) is 27.9 Å². The summed E-state index contributed by atoms with van der Waals surface area (Å²) in [6, 6.07) is 9.90. The topological polar surface area (TPSA) is 53.2 Å². The molecule has 27 heavy (non-hydrogen) atoms. The van der Waals surface area contributed by atoms with Gasteiger partial charge in [-0.15, -0.1) is 0 Å². The summed E-state index contributed by atoms with van der Waals surface area (Å²) in [6.07, 6.45) is 4.23. The Morgan fingerprint density at radius 3 is 2.63 bits per heavy atom. The molecule has 1 aromatic carbocycles. The highest BCUT2D eigenvalue weighted by molar-refractivity contribution is 6.30. The van der Waals surface area contributed by atoms with Crippen molar-refractivity contribution >= 4 is 29.5 Å². The minimum absolute atomic E-state index is 0.0813. The Morgan fingerprint density at radius 1 is 1.11 bits per heavy atom. The van der Waals surface area contributed by atoms with Crippen LogP contribution < -0.4 is 26.0 Å². The Kier molecular flexibility index (Phi) is 4.44. The predicted octanol–water partition coefficient (Wildman–Crippen LogP) is 2.45. The van der Waals surface area contributed by atoms with Gasteiger partial charge in [-0.05, 0) is 63.6 Å². The second kappa shape index (κ2) is 6.78. The molecule has 0 unspecified atom stereocenters. The molecule has 0 bridgehead atoms. The Hall–Kier alpha value is -2.72. The summed E-state index contributed by atoms with van der Waals surface area (Å²) in [5.74, 6) is 0.816. The number of fused-ring (bicyclic) bond motifs is 1. The highest BCUT2D eigenvalue weighted by Crippen LogP contribution is 2.11. The fourth-order valence-corrected chi connectivity index (χ4v) is 3.44. The lowest BCUT2D eigenvalue weighted by Crippen LogP contribution is -2.20. The lowest BCUT2D eigenvalue weighted by molar-refractivity contribution is 0.240. The van der Waals surface area contributed by atoms with E-state index in [2.05, 4.69) is 42.0 Å². The maximum atomic E-state index is 6.09. The van der Waals surface area contributed by atoms with Crippen LogP contribution in [0.25, 0.3) is 17.8 Å². The lowest BCUT2D eigenvalue weighted by atomic mass is 10.2. The second-order valence-corrected chi connectivity index (χ2v) is 7.60. The third-order valence-corrected chi connectivity index (χ3v) is 4.69. The van der Waals surface area contributed by atoms with Crippen LogP contribution in [0.3, 0.4) is 0 Å². The first-order chi connectivity index (χ1) is 12.9. The fraction of sp³-hybridized carbons (Fsp3) is 0.227. The summed E-state index contributed by atoms with van der Waals surface area (Å²) in [7, 11) is 0. The van der Waals surface area contributed by atoms with E-state index >= 15 is 0 Å². The summed E-state index contributed by atoms with van der Waals surface area (Å²) in [5, 5.41) is 4.49. The van der Waals surface area contributed by atoms with E-state index in [4.69, 9.17) is 21.3 Å². The number of H-pyrrole nitrogens is 2. The Bertz CT molecular complexity index is 1260. The molecule has 0 amide bonds. The molecule has 0 spiro atoms. The van der Waals surface area contributed by atoms with Crippen molar-refractivity contribution in [1.82, 2.24) is 9.97 Å². The standard InChI is InChI=1S/C22H22ClN3O/c1-12(2)27-22-11-20(19-8-15-5-6-16(23)9-18(15)25-19)26-21(22)10-17-13(3)7-14(4)24-17/h5-12,24,26H,1-4H3/b20-19-,21-10-. The Labute approximate surface area is 162 Å². The molecule has 0 saturated carbocycles. The van der Waals surface area contributed by atoms with E-state index in [0.29, 0.717) is 5.02 Å². The fourth-order valence-electron chi connectivity index (χ4n) is 3.28. The monoisotopic (exact) mass is 379 g/mol. The molecule has 0 radical (unpaired) electrons. The van der Waals surface area contributed by atoms with Gasteiger partial charge in [-0.25, -0.2) is 4.99 Å². The number of nitrogens with zero attached hydrogens (tertiary/aromatic N) is 1. The number of aromatic amines is 2. The molecule has 5 heteroatoms. The van der Waals surface area contributed by atoms with Gasteiger partial charge >= 0.3 is 0 Å². The minimum Gasteiger partial charge on any atom is -0.489 e. The zero-order valence-corrected chi connectivity index (χ0v) is 16.6. The number of benzene rings is 1. The maximum absolute atomic E-state index is 6.09. The van der Waals surface area contributed by atoms with Crippen molar-refractivity contribution in [2.45, 2.75) is 33.8 Å². The van der Waals surface area contributed by atoms with Crippen molar-refractivity contribution < 1.29 is 4.74 Å². The first kappa shape index (κ1) is 17.7. The maximum Gasteiger partial charge on any atom is 0.145 e. The van der Waals surface area contributed by atoms with Crippen molar-refractivity contribution in [2.75, 3.05) is 0 Å². The molecular weight excluding hydrogens is 358 g/mol. The largest absolute Gasteiger partial charge is 0.489 e. The number of hydrogen-bond donors (Lipinski definition) is 2. The van der Waals surface area contributed by atoms with Gasteiger partial charge in [0.2, 0.25) is 0 Å². The van der Waals surface area contributed by atoms with E-state index in [-0.39, 0.29) is 6.10 Å². The van der Waals surface area contributed by atoms with Gasteiger partial charge in [0.1, 0.15) is 5.75 Å². The van der Waals surface area contributed by atoms with Crippen LogP contribution in [0.5, 0.6) is 5.75 Å². The molecular formula is C22H22ClN3O. The normalized spacial score (nSPS) is 15.7. The van der Waals surface area contributed by atoms with Gasteiger partial charge in [0.25, 0.3) is 0 Å². The molecule has 0 atom stereocenters. The van der Waals surface area contributed by atoms with E-state index in [1.807, 2.05) is 38.1 Å². The van der Waals surface area contributed by atoms with Crippen LogP contribution in [-0.4, -0.2) is 16.1 Å². The van der Waals surface area contributed by atoms with Crippen LogP contribution in [-0.2, 0) is 0 Å². The van der Waals surface area contributed by atoms with E-state index in [0.717, 1.165) is 44.1 Å². The summed E-state index contributed by atoms with van der Waals surface area (Å²) >= 11 is 6.09. The van der Waals surface area contributed by atoms with Gasteiger partial charge in [-0.2, -0.15) is 0 Å². The van der Waals surface area contributed by atoms with Crippen LogP contribution in [0.1, 0.15) is 30.8 Å². The number of aryl methyl sites for hydroxylation is 2. The zero-order chi connectivity index (χ0) is 19.1. The van der Waals surface area contributed by atoms with Crippen LogP contribution in [0, 0.1) is 13.8 Å². The highest BCUT2D eigenvalue weighted by Gasteiger charge is 2.09. The van der Waals surface area contributed by atoms with E-state index in [9.17, 15) is 0 Å². The van der Waals surface area contributed by atoms with Crippen LogP contribution in [0.2, 0.25) is 5.02 Å². The van der Waals surface area contributed by atoms with Gasteiger partial charge in [-0.1, -0.05) is 17.7 Å². The smallest absolute Gasteiger partial charge is 0.145 e. The summed E-state index contributed by atoms with van der Waals surface area (Å²) in [6.45, 7) is 8.20. The molecule has 0 saturated heterocycles. The summed E-state index contributed by atoms with van der Waals surface area (Å²) < 4.78 is 6.03. The van der Waals surface area contributed by atoms with E-state index in [1.54, 1.807) is 0 Å². The number of hydrogen-bond acceptors (Lipinski definition) is 2. The van der Waals surface area contributed by atoms with Gasteiger partial charge in [0.15, 0.2) is 0 Å². The zero-order valence-electron chi connectivity index (χ0n) is 15.9. The van der Waals surface area contributed by atoms with Crippen molar-refractivity contribution in [3.05, 3.63) is 73.6 Å². The summed E-state index contributed by atoms with van der Waals surface area (Å²) in [5.41, 5.74) is 4.28. The number of aromatic nitrogens is 2. The van der Waals surface area contributed by atoms with Gasteiger partial charge in [-0.3, -0.25) is 0 Å². The Balaban J connectivity index is 1.92. The molecule has 0 fully saturated rings. The van der Waals surface area contributed by atoms with Crippen molar-refractivity contribution in [2.24, 2.45) is 4.99 Å². The average Bonchev–Trinajstić information content (AvgIpc) is 3.25. The minimum atomic E-state index is 0.0813. The van der Waals surface area contributed by atoms with Gasteiger partial charge in [0, 0.05) is 27.7 Å². The first-order valence-electron chi connectivity index (χ1n) is 9.03. The molecule has 3 heterocycles. The average molecular weight is 380 g/mol. The van der Waals surface area contributed by atoms with Crippen LogP contribution in [0.15, 0.2) is 35.3 Å². The second-order valence-electron chi connectivity index (χ2n) is 7.17. The van der Waals surface area contributed by atoms with Crippen LogP contribution in [0.4, 0.5) is 0 Å². The number of halogens is 1. The van der Waals surface area contributed by atoms with E-state index < -0.39 is 0 Å². The number of rotatable bonds is 3. The van der Waals surface area contributed by atoms with Crippen LogP contribution >= 0.6 is 11.6 Å². The Morgan fingerprint density at radius 2 is 1.93 bits per heavy atom. The lowest BCUT2D eigenvalue weighted by Gasteiger charge is -2.06. The number of ether oxygens (including phenoxy) is 1. The first-order valence-corrected chi connectivity index (χ1v) is 9.41. The highest BCUT2D eigenvalue weighted by atomic mass is 35.5.